The Bertz CT molecular complexity index is 769. The molecule has 1 spiro atoms. The maximum absolute atomic E-state index is 14.4. The number of ether oxygens (including phenoxy) is 3. The van der Waals surface area contributed by atoms with E-state index < -0.39 is 36.1 Å². The van der Waals surface area contributed by atoms with Crippen molar-refractivity contribution in [2.45, 2.75) is 38.2 Å². The monoisotopic (exact) mass is 397 g/mol. The number of carbonyl (C=O) groups is 2. The minimum atomic E-state index is -3.07. The van der Waals surface area contributed by atoms with Crippen molar-refractivity contribution in [1.29, 1.82) is 0 Å². The molecule has 1 saturated heterocycles. The van der Waals surface area contributed by atoms with Crippen LogP contribution in [0, 0.1) is 11.3 Å². The summed E-state index contributed by atoms with van der Waals surface area (Å²) in [6.07, 6.45) is -0.693. The van der Waals surface area contributed by atoms with E-state index in [1.165, 1.54) is 14.2 Å². The molecule has 2 unspecified atom stereocenters. The van der Waals surface area contributed by atoms with E-state index in [-0.39, 0.29) is 18.9 Å². The van der Waals surface area contributed by atoms with Crippen molar-refractivity contribution >= 4 is 11.9 Å². The van der Waals surface area contributed by atoms with Crippen LogP contribution in [0.15, 0.2) is 18.2 Å². The number of alkyl halides is 2. The molecule has 8 heteroatoms. The summed E-state index contributed by atoms with van der Waals surface area (Å²) in [5.74, 6) is -3.86. The van der Waals surface area contributed by atoms with E-state index >= 15 is 0 Å². The number of likely N-dealkylation sites (tertiary alicyclic amines) is 1. The van der Waals surface area contributed by atoms with Crippen molar-refractivity contribution < 1.29 is 32.6 Å². The fourth-order valence-electron chi connectivity index (χ4n) is 4.46. The van der Waals surface area contributed by atoms with Crippen LogP contribution in [-0.2, 0) is 20.9 Å². The highest BCUT2D eigenvalue weighted by molar-refractivity contribution is 5.86. The Morgan fingerprint density at radius 2 is 1.96 bits per heavy atom. The van der Waals surface area contributed by atoms with Gasteiger partial charge in [0.1, 0.15) is 11.5 Å². The number of hydrogen-bond donors (Lipinski definition) is 0. The van der Waals surface area contributed by atoms with Gasteiger partial charge in [0.15, 0.2) is 0 Å². The molecule has 1 aromatic rings. The lowest BCUT2D eigenvalue weighted by Gasteiger charge is -2.39. The minimum Gasteiger partial charge on any atom is -0.497 e. The molecule has 1 aliphatic heterocycles. The lowest BCUT2D eigenvalue weighted by molar-refractivity contribution is -0.165. The molecule has 154 valence electrons. The van der Waals surface area contributed by atoms with Gasteiger partial charge in [-0.15, -0.1) is 0 Å². The summed E-state index contributed by atoms with van der Waals surface area (Å²) in [6.45, 7) is 0.611. The zero-order valence-corrected chi connectivity index (χ0v) is 16.3. The number of amides is 1. The second-order valence-corrected chi connectivity index (χ2v) is 7.60. The van der Waals surface area contributed by atoms with Gasteiger partial charge in [-0.1, -0.05) is 0 Å². The predicted octanol–water partition coefficient (Wildman–Crippen LogP) is 3.03. The van der Waals surface area contributed by atoms with Gasteiger partial charge in [0.25, 0.3) is 0 Å². The number of rotatable bonds is 5. The van der Waals surface area contributed by atoms with Crippen molar-refractivity contribution in [3.05, 3.63) is 23.8 Å². The molecule has 1 amide bonds. The standard InChI is InChI=1S/C20H25F2NO5/c1-26-15-5-4-13(16(8-15)27-2)11-23-7-6-19(18(23)25)9-14(17(24)28-3)10-20(21,22)12-19/h4-5,8,14H,6-7,9-12H2,1-3H3. The fourth-order valence-corrected chi connectivity index (χ4v) is 4.46. The van der Waals surface area contributed by atoms with Crippen LogP contribution >= 0.6 is 0 Å². The maximum Gasteiger partial charge on any atom is 0.308 e. The number of methoxy groups -OCH3 is 3. The van der Waals surface area contributed by atoms with Gasteiger partial charge in [0.2, 0.25) is 11.8 Å². The smallest absolute Gasteiger partial charge is 0.308 e. The van der Waals surface area contributed by atoms with Crippen LogP contribution < -0.4 is 9.47 Å². The number of benzene rings is 1. The summed E-state index contributed by atoms with van der Waals surface area (Å²) >= 11 is 0. The van der Waals surface area contributed by atoms with Crippen LogP contribution in [0.3, 0.4) is 0 Å². The highest BCUT2D eigenvalue weighted by atomic mass is 19.3. The van der Waals surface area contributed by atoms with Gasteiger partial charge in [0.05, 0.1) is 32.7 Å². The van der Waals surface area contributed by atoms with Crippen LogP contribution in [-0.4, -0.2) is 50.6 Å². The fraction of sp³-hybridized carbons (Fsp3) is 0.600. The third-order valence-electron chi connectivity index (χ3n) is 5.77. The number of halogens is 2. The van der Waals surface area contributed by atoms with Gasteiger partial charge >= 0.3 is 5.97 Å². The predicted molar refractivity (Wildman–Crippen MR) is 96.3 cm³/mol. The second kappa shape index (κ2) is 7.56. The summed E-state index contributed by atoms with van der Waals surface area (Å²) in [5.41, 5.74) is -0.457. The Morgan fingerprint density at radius 1 is 1.21 bits per heavy atom. The topological polar surface area (TPSA) is 65.1 Å². The number of esters is 1. The van der Waals surface area contributed by atoms with Crippen molar-refractivity contribution in [2.75, 3.05) is 27.9 Å². The van der Waals surface area contributed by atoms with E-state index in [9.17, 15) is 18.4 Å². The van der Waals surface area contributed by atoms with Crippen LogP contribution in [0.2, 0.25) is 0 Å². The maximum atomic E-state index is 14.4. The Labute approximate surface area is 162 Å². The van der Waals surface area contributed by atoms with Crippen LogP contribution in [0.5, 0.6) is 11.5 Å². The molecule has 2 atom stereocenters. The number of nitrogens with zero attached hydrogens (tertiary/aromatic N) is 1. The molecule has 1 heterocycles. The SMILES string of the molecule is COC(=O)C1CC(F)(F)CC2(CCN(Cc3ccc(OC)cc3OC)C2=O)C1. The van der Waals surface area contributed by atoms with E-state index in [2.05, 4.69) is 4.74 Å². The summed E-state index contributed by atoms with van der Waals surface area (Å²) in [7, 11) is 4.25. The third-order valence-corrected chi connectivity index (χ3v) is 5.77. The summed E-state index contributed by atoms with van der Waals surface area (Å²) in [5, 5.41) is 0. The van der Waals surface area contributed by atoms with Crippen molar-refractivity contribution in [1.82, 2.24) is 4.90 Å². The van der Waals surface area contributed by atoms with Crippen LogP contribution in [0.4, 0.5) is 8.78 Å². The first-order chi connectivity index (χ1) is 13.2. The quantitative estimate of drug-likeness (QED) is 0.715. The largest absolute Gasteiger partial charge is 0.497 e. The molecule has 0 bridgehead atoms. The van der Waals surface area contributed by atoms with Gasteiger partial charge in [-0.25, -0.2) is 8.78 Å². The molecule has 1 aliphatic carbocycles. The highest BCUT2D eigenvalue weighted by Gasteiger charge is 2.58. The third kappa shape index (κ3) is 3.77. The molecule has 3 rings (SSSR count). The van der Waals surface area contributed by atoms with Gasteiger partial charge in [-0.3, -0.25) is 9.59 Å². The van der Waals surface area contributed by atoms with E-state index in [4.69, 9.17) is 9.47 Å². The molecule has 28 heavy (non-hydrogen) atoms. The first kappa shape index (κ1) is 20.4. The minimum absolute atomic E-state index is 0.102. The number of carbonyl (C=O) groups excluding carboxylic acids is 2. The van der Waals surface area contributed by atoms with Crippen LogP contribution in [0.1, 0.15) is 31.2 Å². The Hall–Kier alpha value is -2.38. The van der Waals surface area contributed by atoms with Crippen molar-refractivity contribution in [3.8, 4) is 11.5 Å². The van der Waals surface area contributed by atoms with Crippen molar-refractivity contribution in [3.63, 3.8) is 0 Å². The second-order valence-electron chi connectivity index (χ2n) is 7.60. The van der Waals surface area contributed by atoms with Gasteiger partial charge in [0, 0.05) is 37.6 Å². The first-order valence-corrected chi connectivity index (χ1v) is 9.19. The molecular weight excluding hydrogens is 372 g/mol. The molecule has 0 aromatic heterocycles. The number of hydrogen-bond acceptors (Lipinski definition) is 5. The Balaban J connectivity index is 1.81. The molecular formula is C20H25F2NO5. The molecule has 0 radical (unpaired) electrons. The van der Waals surface area contributed by atoms with Gasteiger partial charge in [-0.05, 0) is 25.0 Å². The molecule has 2 aliphatic rings. The van der Waals surface area contributed by atoms with Gasteiger partial charge < -0.3 is 19.1 Å². The van der Waals surface area contributed by atoms with Gasteiger partial charge in [-0.2, -0.15) is 0 Å². The molecule has 0 N–H and O–H groups in total. The lowest BCUT2D eigenvalue weighted by Crippen LogP contribution is -2.46. The summed E-state index contributed by atoms with van der Waals surface area (Å²) in [6, 6.07) is 5.27. The first-order valence-electron chi connectivity index (χ1n) is 9.19. The van der Waals surface area contributed by atoms with E-state index in [1.54, 1.807) is 30.2 Å². The zero-order valence-electron chi connectivity index (χ0n) is 16.3. The zero-order chi connectivity index (χ0) is 20.5. The molecule has 6 nitrogen and oxygen atoms in total. The summed E-state index contributed by atoms with van der Waals surface area (Å²) in [4.78, 5) is 26.6. The van der Waals surface area contributed by atoms with Crippen molar-refractivity contribution in [2.24, 2.45) is 11.3 Å². The Kier molecular flexibility index (Phi) is 5.50. The highest BCUT2D eigenvalue weighted by Crippen LogP contribution is 2.53. The van der Waals surface area contributed by atoms with E-state index in [0.29, 0.717) is 24.5 Å². The van der Waals surface area contributed by atoms with E-state index in [0.717, 1.165) is 5.56 Å². The molecule has 1 saturated carbocycles. The average Bonchev–Trinajstić information content (AvgIpc) is 2.95. The summed E-state index contributed by atoms with van der Waals surface area (Å²) < 4.78 is 43.9. The van der Waals surface area contributed by atoms with Crippen LogP contribution in [0.25, 0.3) is 0 Å². The average molecular weight is 397 g/mol. The molecule has 2 fully saturated rings. The lowest BCUT2D eigenvalue weighted by atomic mass is 9.67. The Morgan fingerprint density at radius 3 is 2.61 bits per heavy atom. The van der Waals surface area contributed by atoms with E-state index in [1.807, 2.05) is 0 Å². The normalized spacial score (nSPS) is 26.4. The molecule has 1 aromatic carbocycles.